The minimum atomic E-state index is -5.64. The van der Waals surface area contributed by atoms with Crippen molar-refractivity contribution in [3.8, 4) is 0 Å². The Kier molecular flexibility index (Phi) is 4.86. The molecule has 0 heterocycles. The van der Waals surface area contributed by atoms with E-state index in [1.807, 2.05) is 0 Å². The van der Waals surface area contributed by atoms with Gasteiger partial charge in [0.15, 0.2) is 0 Å². The van der Waals surface area contributed by atoms with Crippen molar-refractivity contribution in [2.75, 3.05) is 0 Å². The van der Waals surface area contributed by atoms with Gasteiger partial charge in [-0.1, -0.05) is 0 Å². The van der Waals surface area contributed by atoms with Gasteiger partial charge in [0.2, 0.25) is 0 Å². The van der Waals surface area contributed by atoms with E-state index in [9.17, 15) is 4.20 Å². The molecule has 0 aromatic carbocycles. The second-order valence-corrected chi connectivity index (χ2v) is 1.29. The Labute approximate surface area is 50.0 Å². The van der Waals surface area contributed by atoms with Crippen molar-refractivity contribution in [2.24, 2.45) is 0 Å². The molecule has 0 saturated carbocycles. The fourth-order valence-corrected chi connectivity index (χ4v) is 0. The van der Waals surface area contributed by atoms with Crippen molar-refractivity contribution in [1.82, 2.24) is 0 Å². The van der Waals surface area contributed by atoms with E-state index in [2.05, 4.69) is 0 Å². The van der Waals surface area contributed by atoms with Crippen LogP contribution in [0.2, 0.25) is 0 Å². The topological polar surface area (TPSA) is 63.2 Å². The second-order valence-electron chi connectivity index (χ2n) is 0.431. The summed E-state index contributed by atoms with van der Waals surface area (Å²) in [5, 5.41) is 0. The van der Waals surface area contributed by atoms with Crippen LogP contribution in [0.1, 0.15) is 0 Å². The maximum atomic E-state index is 10.1. The fourth-order valence-electron chi connectivity index (χ4n) is 0. The van der Waals surface area contributed by atoms with Gasteiger partial charge in [-0.2, -0.15) is 0 Å². The fraction of sp³-hybridized carbons (Fsp3) is 0. The molecule has 0 aliphatic carbocycles. The van der Waals surface area contributed by atoms with Crippen molar-refractivity contribution >= 4 is 31.0 Å². The van der Waals surface area contributed by atoms with E-state index in [0.29, 0.717) is 0 Å². The molecular formula is FMgO3P. The molecule has 0 aromatic rings. The van der Waals surface area contributed by atoms with Crippen molar-refractivity contribution in [2.45, 2.75) is 0 Å². The van der Waals surface area contributed by atoms with Gasteiger partial charge in [0.05, 0.1) is 0 Å². The molecule has 6 heteroatoms. The first-order valence-corrected chi connectivity index (χ1v) is 2.15. The Hall–Kier alpha value is 0.846. The van der Waals surface area contributed by atoms with Crippen LogP contribution in [0.25, 0.3) is 0 Å². The van der Waals surface area contributed by atoms with Crippen LogP contribution < -0.4 is 9.79 Å². The summed E-state index contributed by atoms with van der Waals surface area (Å²) in [6, 6.07) is 0. The smallest absolute Gasteiger partial charge is 0.786 e. The molecule has 0 unspecified atom stereocenters. The second kappa shape index (κ2) is 2.93. The maximum Gasteiger partial charge on any atom is 2.00 e. The normalized spacial score (nSPS) is 9.83. The van der Waals surface area contributed by atoms with Gasteiger partial charge in [-0.3, -0.25) is 0 Å². The maximum absolute atomic E-state index is 10.1. The quantitative estimate of drug-likeness (QED) is 0.287. The Morgan fingerprint density at radius 1 is 1.50 bits per heavy atom. The van der Waals surface area contributed by atoms with Crippen LogP contribution in [0, 0.1) is 0 Å². The average molecular weight is 122 g/mol. The summed E-state index contributed by atoms with van der Waals surface area (Å²) in [6.45, 7) is 0. The van der Waals surface area contributed by atoms with E-state index in [-0.39, 0.29) is 23.1 Å². The molecule has 0 rings (SSSR count). The molecule has 32 valence electrons. The zero-order chi connectivity index (χ0) is 4.50. The molecule has 0 N–H and O–H groups in total. The third kappa shape index (κ3) is 100. The number of rotatable bonds is 0. The van der Waals surface area contributed by atoms with Crippen LogP contribution in [-0.4, -0.2) is 23.1 Å². The molecule has 0 aromatic heterocycles. The first kappa shape index (κ1) is 9.96. The molecule has 0 fully saturated rings. The SMILES string of the molecule is O=P([O-])([O-])F.[Mg+2]. The van der Waals surface area contributed by atoms with E-state index < -0.39 is 7.91 Å². The van der Waals surface area contributed by atoms with Gasteiger partial charge >= 0.3 is 23.1 Å². The summed E-state index contributed by atoms with van der Waals surface area (Å²) in [4.78, 5) is 16.9. The third-order valence-electron chi connectivity index (χ3n) is 0. The Morgan fingerprint density at radius 2 is 1.50 bits per heavy atom. The Bertz CT molecular complexity index is 56.9. The Morgan fingerprint density at radius 3 is 1.50 bits per heavy atom. The molecule has 0 aliphatic heterocycles. The molecule has 0 spiro atoms. The summed E-state index contributed by atoms with van der Waals surface area (Å²) < 4.78 is 18.6. The molecule has 0 aliphatic rings. The van der Waals surface area contributed by atoms with Crippen LogP contribution in [-0.2, 0) is 4.57 Å². The minimum Gasteiger partial charge on any atom is -0.786 e. The summed E-state index contributed by atoms with van der Waals surface area (Å²) in [6.07, 6.45) is 0. The van der Waals surface area contributed by atoms with Gasteiger partial charge in [0.1, 0.15) is 7.91 Å². The van der Waals surface area contributed by atoms with Crippen LogP contribution in [0.5, 0.6) is 0 Å². The minimum absolute atomic E-state index is 0. The zero-order valence-corrected chi connectivity index (χ0v) is 5.07. The third-order valence-corrected chi connectivity index (χ3v) is 0. The molecule has 0 atom stereocenters. The molecule has 0 radical (unpaired) electrons. The van der Waals surface area contributed by atoms with Gasteiger partial charge in [-0.15, -0.1) is 0 Å². The van der Waals surface area contributed by atoms with Crippen LogP contribution >= 0.6 is 7.91 Å². The number of halogens is 1. The summed E-state index contributed by atoms with van der Waals surface area (Å²) in [5.41, 5.74) is 0. The summed E-state index contributed by atoms with van der Waals surface area (Å²) in [7, 11) is -5.64. The van der Waals surface area contributed by atoms with Crippen molar-refractivity contribution < 1.29 is 18.5 Å². The van der Waals surface area contributed by atoms with Gasteiger partial charge in [0.25, 0.3) is 0 Å². The van der Waals surface area contributed by atoms with Crippen LogP contribution in [0.4, 0.5) is 4.20 Å². The monoisotopic (exact) mass is 122 g/mol. The summed E-state index contributed by atoms with van der Waals surface area (Å²) in [5.74, 6) is 0. The van der Waals surface area contributed by atoms with Crippen molar-refractivity contribution in [3.63, 3.8) is 0 Å². The predicted molar refractivity (Wildman–Crippen MR) is 14.5 cm³/mol. The standard InChI is InChI=1S/FH2O3P.Mg/c1-5(2,3)4;/h(H2,2,3,4);/q;+2/p-2. The van der Waals surface area contributed by atoms with E-state index in [4.69, 9.17) is 14.4 Å². The van der Waals surface area contributed by atoms with Gasteiger partial charge < -0.3 is 14.4 Å². The molecule has 0 saturated heterocycles. The number of hydrogen-bond acceptors (Lipinski definition) is 3. The molecule has 6 heavy (non-hydrogen) atoms. The first-order chi connectivity index (χ1) is 2.00. The molecule has 0 amide bonds. The predicted octanol–water partition coefficient (Wildman–Crippen LogP) is -1.60. The van der Waals surface area contributed by atoms with E-state index in [0.717, 1.165) is 0 Å². The largest absolute Gasteiger partial charge is 2.00 e. The molecule has 3 nitrogen and oxygen atoms in total. The van der Waals surface area contributed by atoms with Gasteiger partial charge in [-0.05, 0) is 0 Å². The van der Waals surface area contributed by atoms with E-state index in [1.54, 1.807) is 0 Å². The first-order valence-electron chi connectivity index (χ1n) is 0.717. The van der Waals surface area contributed by atoms with Crippen molar-refractivity contribution in [1.29, 1.82) is 0 Å². The zero-order valence-electron chi connectivity index (χ0n) is 2.76. The van der Waals surface area contributed by atoms with E-state index >= 15 is 0 Å². The van der Waals surface area contributed by atoms with Crippen molar-refractivity contribution in [3.05, 3.63) is 0 Å². The Balaban J connectivity index is 0. The molecular weight excluding hydrogens is 122 g/mol. The van der Waals surface area contributed by atoms with Crippen LogP contribution in [0.3, 0.4) is 0 Å². The van der Waals surface area contributed by atoms with Crippen LogP contribution in [0.15, 0.2) is 0 Å². The van der Waals surface area contributed by atoms with Gasteiger partial charge in [-0.25, -0.2) is 4.20 Å². The molecule has 0 bridgehead atoms. The van der Waals surface area contributed by atoms with E-state index in [1.165, 1.54) is 0 Å². The van der Waals surface area contributed by atoms with Gasteiger partial charge in [0, 0.05) is 0 Å². The summed E-state index contributed by atoms with van der Waals surface area (Å²) >= 11 is 0. The number of hydrogen-bond donors (Lipinski definition) is 0. The average Bonchev–Trinajstić information content (AvgIpc) is 0.722.